The van der Waals surface area contributed by atoms with Gasteiger partial charge in [0, 0.05) is 30.0 Å². The summed E-state index contributed by atoms with van der Waals surface area (Å²) in [6.07, 6.45) is 0.902. The van der Waals surface area contributed by atoms with E-state index < -0.39 is 0 Å². The van der Waals surface area contributed by atoms with Crippen LogP contribution in [0.25, 0.3) is 0 Å². The summed E-state index contributed by atoms with van der Waals surface area (Å²) in [4.78, 5) is 10.6. The maximum atomic E-state index is 5.66. The summed E-state index contributed by atoms with van der Waals surface area (Å²) in [5, 5.41) is 7.84. The minimum atomic E-state index is 0.584. The molecule has 2 aromatic rings. The van der Waals surface area contributed by atoms with E-state index in [0.717, 1.165) is 42.5 Å². The quantitative estimate of drug-likeness (QED) is 0.559. The molecular weight excluding hydrogens is 332 g/mol. The number of benzene rings is 1. The van der Waals surface area contributed by atoms with Crippen LogP contribution < -0.4 is 15.4 Å². The van der Waals surface area contributed by atoms with Gasteiger partial charge in [0.25, 0.3) is 0 Å². The van der Waals surface area contributed by atoms with Crippen LogP contribution in [0.5, 0.6) is 5.75 Å². The topological polar surface area (TPSA) is 58.5 Å². The molecule has 0 aliphatic heterocycles. The summed E-state index contributed by atoms with van der Waals surface area (Å²) >= 11 is 1.77. The molecule has 0 fully saturated rings. The van der Waals surface area contributed by atoms with Crippen LogP contribution in [0.4, 0.5) is 0 Å². The maximum absolute atomic E-state index is 5.66. The second kappa shape index (κ2) is 10.0. The average Bonchev–Trinajstić information content (AvgIpc) is 2.92. The first-order chi connectivity index (χ1) is 12.1. The van der Waals surface area contributed by atoms with Crippen LogP contribution in [0, 0.1) is 13.8 Å². The third kappa shape index (κ3) is 6.05. The fourth-order valence-corrected chi connectivity index (χ4v) is 3.30. The van der Waals surface area contributed by atoms with E-state index in [1.807, 2.05) is 25.1 Å². The molecule has 0 bridgehead atoms. The minimum Gasteiger partial charge on any atom is -0.494 e. The largest absolute Gasteiger partial charge is 0.494 e. The fraction of sp³-hybridized carbons (Fsp3) is 0.474. The van der Waals surface area contributed by atoms with E-state index in [0.29, 0.717) is 13.2 Å². The molecule has 1 aromatic heterocycles. The Kier molecular flexibility index (Phi) is 7.73. The highest BCUT2D eigenvalue weighted by molar-refractivity contribution is 7.11. The molecular formula is C19H28N4OS. The molecule has 6 heteroatoms. The van der Waals surface area contributed by atoms with E-state index in [-0.39, 0.29) is 0 Å². The Morgan fingerprint density at radius 2 is 2.00 bits per heavy atom. The van der Waals surface area contributed by atoms with Crippen LogP contribution in [0.15, 0.2) is 29.3 Å². The van der Waals surface area contributed by atoms with Gasteiger partial charge in [-0.15, -0.1) is 11.3 Å². The molecule has 0 atom stereocenters. The number of hydrogen-bond acceptors (Lipinski definition) is 4. The second-order valence-electron chi connectivity index (χ2n) is 5.66. The van der Waals surface area contributed by atoms with Gasteiger partial charge >= 0.3 is 0 Å². The van der Waals surface area contributed by atoms with Gasteiger partial charge in [0.1, 0.15) is 5.75 Å². The molecule has 2 N–H and O–H groups in total. The molecule has 2 rings (SSSR count). The molecule has 0 radical (unpaired) electrons. The highest BCUT2D eigenvalue weighted by atomic mass is 32.1. The SMILES string of the molecule is CCNC(=NCc1ccccc1OCC)NCCc1nc(C)c(C)s1. The van der Waals surface area contributed by atoms with Crippen molar-refractivity contribution in [2.75, 3.05) is 19.7 Å². The van der Waals surface area contributed by atoms with Crippen molar-refractivity contribution >= 4 is 17.3 Å². The van der Waals surface area contributed by atoms with E-state index in [9.17, 15) is 0 Å². The first-order valence-electron chi connectivity index (χ1n) is 8.79. The number of para-hydroxylation sites is 1. The number of aromatic nitrogens is 1. The predicted octanol–water partition coefficient (Wildman–Crippen LogP) is 3.46. The van der Waals surface area contributed by atoms with Gasteiger partial charge in [-0.1, -0.05) is 18.2 Å². The fourth-order valence-electron chi connectivity index (χ4n) is 2.37. The molecule has 0 aliphatic rings. The number of ether oxygens (including phenoxy) is 1. The summed E-state index contributed by atoms with van der Waals surface area (Å²) in [5.41, 5.74) is 2.22. The molecule has 0 saturated heterocycles. The van der Waals surface area contributed by atoms with Gasteiger partial charge in [-0.05, 0) is 33.8 Å². The maximum Gasteiger partial charge on any atom is 0.191 e. The van der Waals surface area contributed by atoms with Crippen molar-refractivity contribution in [3.8, 4) is 5.75 Å². The van der Waals surface area contributed by atoms with Crippen molar-refractivity contribution in [3.05, 3.63) is 45.4 Å². The monoisotopic (exact) mass is 360 g/mol. The summed E-state index contributed by atoms with van der Waals surface area (Å²) in [6.45, 7) is 11.1. The lowest BCUT2D eigenvalue weighted by Gasteiger charge is -2.12. The first-order valence-corrected chi connectivity index (χ1v) is 9.61. The van der Waals surface area contributed by atoms with Crippen LogP contribution in [-0.2, 0) is 13.0 Å². The number of aryl methyl sites for hydroxylation is 2. The van der Waals surface area contributed by atoms with Crippen molar-refractivity contribution in [2.24, 2.45) is 4.99 Å². The minimum absolute atomic E-state index is 0.584. The Hall–Kier alpha value is -2.08. The normalized spacial score (nSPS) is 11.4. The standard InChI is InChI=1S/C19H28N4OS/c1-5-20-19(21-12-11-18-23-14(3)15(4)25-18)22-13-16-9-7-8-10-17(16)24-6-2/h7-10H,5-6,11-13H2,1-4H3,(H2,20,21,22). The molecule has 0 amide bonds. The number of guanidine groups is 1. The van der Waals surface area contributed by atoms with Crippen molar-refractivity contribution in [3.63, 3.8) is 0 Å². The van der Waals surface area contributed by atoms with Crippen LogP contribution in [-0.4, -0.2) is 30.6 Å². The van der Waals surface area contributed by atoms with E-state index >= 15 is 0 Å². The van der Waals surface area contributed by atoms with Crippen LogP contribution >= 0.6 is 11.3 Å². The molecule has 5 nitrogen and oxygen atoms in total. The zero-order valence-corrected chi connectivity index (χ0v) is 16.4. The van der Waals surface area contributed by atoms with Crippen molar-refractivity contribution in [2.45, 2.75) is 40.7 Å². The lowest BCUT2D eigenvalue weighted by Crippen LogP contribution is -2.38. The molecule has 0 unspecified atom stereocenters. The van der Waals surface area contributed by atoms with Crippen LogP contribution in [0.1, 0.15) is 35.0 Å². The number of nitrogens with one attached hydrogen (secondary N) is 2. The summed E-state index contributed by atoms with van der Waals surface area (Å²) in [5.74, 6) is 1.72. The Balaban J connectivity index is 1.93. The van der Waals surface area contributed by atoms with Gasteiger partial charge in [-0.2, -0.15) is 0 Å². The number of aliphatic imine (C=N–C) groups is 1. The zero-order chi connectivity index (χ0) is 18.1. The smallest absolute Gasteiger partial charge is 0.191 e. The number of rotatable bonds is 8. The lowest BCUT2D eigenvalue weighted by molar-refractivity contribution is 0.336. The third-order valence-corrected chi connectivity index (χ3v) is 4.86. The molecule has 136 valence electrons. The molecule has 25 heavy (non-hydrogen) atoms. The molecule has 0 saturated carbocycles. The zero-order valence-electron chi connectivity index (χ0n) is 15.6. The Bertz CT molecular complexity index is 677. The number of hydrogen-bond donors (Lipinski definition) is 2. The molecule has 1 heterocycles. The Labute approximate surface area is 154 Å². The lowest BCUT2D eigenvalue weighted by atomic mass is 10.2. The van der Waals surface area contributed by atoms with E-state index in [2.05, 4.69) is 47.4 Å². The van der Waals surface area contributed by atoms with Crippen molar-refractivity contribution < 1.29 is 4.74 Å². The summed E-state index contributed by atoms with van der Waals surface area (Å²) in [6, 6.07) is 8.04. The first kappa shape index (κ1) is 19.2. The highest BCUT2D eigenvalue weighted by Crippen LogP contribution is 2.19. The van der Waals surface area contributed by atoms with E-state index in [1.165, 1.54) is 9.88 Å². The van der Waals surface area contributed by atoms with Gasteiger partial charge in [0.05, 0.1) is 23.9 Å². The van der Waals surface area contributed by atoms with Gasteiger partial charge in [-0.3, -0.25) is 0 Å². The van der Waals surface area contributed by atoms with Gasteiger partial charge in [0.2, 0.25) is 0 Å². The Morgan fingerprint density at radius 1 is 1.20 bits per heavy atom. The predicted molar refractivity (Wildman–Crippen MR) is 106 cm³/mol. The number of thiazole rings is 1. The van der Waals surface area contributed by atoms with E-state index in [1.54, 1.807) is 11.3 Å². The van der Waals surface area contributed by atoms with Gasteiger partial charge in [-0.25, -0.2) is 9.98 Å². The van der Waals surface area contributed by atoms with E-state index in [4.69, 9.17) is 4.74 Å². The van der Waals surface area contributed by atoms with Crippen molar-refractivity contribution in [1.82, 2.24) is 15.6 Å². The van der Waals surface area contributed by atoms with Crippen LogP contribution in [0.3, 0.4) is 0 Å². The molecule has 0 aliphatic carbocycles. The van der Waals surface area contributed by atoms with Crippen LogP contribution in [0.2, 0.25) is 0 Å². The third-order valence-electron chi connectivity index (χ3n) is 3.73. The van der Waals surface area contributed by atoms with Gasteiger partial charge < -0.3 is 15.4 Å². The second-order valence-corrected chi connectivity index (χ2v) is 6.95. The van der Waals surface area contributed by atoms with Crippen molar-refractivity contribution in [1.29, 1.82) is 0 Å². The molecule has 0 spiro atoms. The highest BCUT2D eigenvalue weighted by Gasteiger charge is 2.05. The van der Waals surface area contributed by atoms with Gasteiger partial charge in [0.15, 0.2) is 5.96 Å². The average molecular weight is 361 g/mol. The number of nitrogens with zero attached hydrogens (tertiary/aromatic N) is 2. The Morgan fingerprint density at radius 3 is 2.68 bits per heavy atom. The summed E-state index contributed by atoms with van der Waals surface area (Å²) < 4.78 is 5.66. The summed E-state index contributed by atoms with van der Waals surface area (Å²) in [7, 11) is 0. The molecule has 1 aromatic carbocycles.